The fraction of sp³-hybridized carbons (Fsp3) is 0.933. The molecule has 104 valence electrons. The molecule has 0 N–H and O–H groups in total. The maximum absolute atomic E-state index is 12.3. The van der Waals surface area contributed by atoms with Gasteiger partial charge in [0.1, 0.15) is 4.61 Å². The Balaban J connectivity index is 2.02. The minimum atomic E-state index is 0.100. The molecule has 0 aromatic heterocycles. The fourth-order valence-corrected chi connectivity index (χ4v) is 4.21. The van der Waals surface area contributed by atoms with Crippen LogP contribution >= 0.6 is 22.6 Å². The summed E-state index contributed by atoms with van der Waals surface area (Å²) in [7, 11) is 0. The lowest BCUT2D eigenvalue weighted by Crippen LogP contribution is -2.34. The molecule has 0 atom stereocenters. The fourth-order valence-electron chi connectivity index (χ4n) is 3.91. The Labute approximate surface area is 124 Å². The van der Waals surface area contributed by atoms with Crippen molar-refractivity contribution in [1.29, 1.82) is 0 Å². The van der Waals surface area contributed by atoms with Gasteiger partial charge in [-0.3, -0.25) is 4.79 Å². The van der Waals surface area contributed by atoms with Gasteiger partial charge in [0.2, 0.25) is 0 Å². The van der Waals surface area contributed by atoms with Gasteiger partial charge >= 0.3 is 5.97 Å². The minimum Gasteiger partial charge on any atom is -0.455 e. The highest BCUT2D eigenvalue weighted by Crippen LogP contribution is 2.40. The molecular weight excluding hydrogens is 339 g/mol. The van der Waals surface area contributed by atoms with Crippen molar-refractivity contribution in [3.8, 4) is 0 Å². The Kier molecular flexibility index (Phi) is 6.25. The first kappa shape index (κ1) is 14.6. The molecule has 0 amide bonds. The standard InChI is InChI=1S/C15H25IO2/c16-11-18-15(17)14(12-7-3-1-4-8-12)13-9-5-2-6-10-13/h12-14H,1-11H2. The average molecular weight is 364 g/mol. The van der Waals surface area contributed by atoms with Gasteiger partial charge in [0.15, 0.2) is 0 Å². The summed E-state index contributed by atoms with van der Waals surface area (Å²) in [6.07, 6.45) is 12.9. The number of alkyl halides is 1. The molecule has 3 heteroatoms. The highest BCUT2D eigenvalue weighted by molar-refractivity contribution is 14.1. The average Bonchev–Trinajstić information content (AvgIpc) is 2.42. The van der Waals surface area contributed by atoms with E-state index < -0.39 is 0 Å². The van der Waals surface area contributed by atoms with Crippen LogP contribution in [0.25, 0.3) is 0 Å². The number of carbonyl (C=O) groups excluding carboxylic acids is 1. The van der Waals surface area contributed by atoms with Gasteiger partial charge in [-0.25, -0.2) is 0 Å². The third-order valence-electron chi connectivity index (χ3n) is 4.78. The smallest absolute Gasteiger partial charge is 0.310 e. The van der Waals surface area contributed by atoms with E-state index in [1.807, 2.05) is 0 Å². The van der Waals surface area contributed by atoms with Crippen LogP contribution in [0, 0.1) is 17.8 Å². The van der Waals surface area contributed by atoms with E-state index in [4.69, 9.17) is 4.74 Å². The number of hydrogen-bond acceptors (Lipinski definition) is 2. The van der Waals surface area contributed by atoms with Gasteiger partial charge in [-0.05, 0) is 60.1 Å². The quantitative estimate of drug-likeness (QED) is 0.411. The second-order valence-electron chi connectivity index (χ2n) is 5.89. The zero-order valence-corrected chi connectivity index (χ0v) is 13.4. The Morgan fingerprint density at radius 1 is 0.944 bits per heavy atom. The van der Waals surface area contributed by atoms with Gasteiger partial charge in [0.25, 0.3) is 0 Å². The van der Waals surface area contributed by atoms with Crippen LogP contribution in [0.3, 0.4) is 0 Å². The summed E-state index contributed by atoms with van der Waals surface area (Å²) >= 11 is 2.13. The monoisotopic (exact) mass is 364 g/mol. The highest BCUT2D eigenvalue weighted by Gasteiger charge is 2.37. The Morgan fingerprint density at radius 3 is 1.78 bits per heavy atom. The molecule has 0 aromatic carbocycles. The first-order valence-corrected chi connectivity index (χ1v) is 9.08. The molecule has 0 aromatic rings. The number of carbonyl (C=O) groups is 1. The zero-order chi connectivity index (χ0) is 12.8. The molecule has 2 fully saturated rings. The molecule has 0 bridgehead atoms. The molecule has 0 aliphatic heterocycles. The van der Waals surface area contributed by atoms with E-state index in [0.29, 0.717) is 16.4 Å². The molecular formula is C15H25IO2. The Bertz CT molecular complexity index is 237. The topological polar surface area (TPSA) is 26.3 Å². The molecule has 0 radical (unpaired) electrons. The van der Waals surface area contributed by atoms with Gasteiger partial charge in [0, 0.05) is 0 Å². The lowest BCUT2D eigenvalue weighted by atomic mass is 9.69. The van der Waals surface area contributed by atoms with Gasteiger partial charge in [0.05, 0.1) is 5.92 Å². The maximum atomic E-state index is 12.3. The first-order chi connectivity index (χ1) is 8.83. The Hall–Kier alpha value is 0.200. The lowest BCUT2D eigenvalue weighted by molar-refractivity contribution is -0.151. The summed E-state index contributed by atoms with van der Waals surface area (Å²) in [5, 5.41) is 0. The van der Waals surface area contributed by atoms with Crippen LogP contribution in [-0.4, -0.2) is 10.6 Å². The molecule has 2 nitrogen and oxygen atoms in total. The van der Waals surface area contributed by atoms with E-state index in [0.717, 1.165) is 0 Å². The summed E-state index contributed by atoms with van der Waals surface area (Å²) in [4.78, 5) is 12.3. The van der Waals surface area contributed by atoms with Crippen molar-refractivity contribution in [3.63, 3.8) is 0 Å². The third-order valence-corrected chi connectivity index (χ3v) is 5.10. The van der Waals surface area contributed by atoms with Crippen molar-refractivity contribution in [2.24, 2.45) is 17.8 Å². The molecule has 2 rings (SSSR count). The van der Waals surface area contributed by atoms with E-state index in [1.54, 1.807) is 0 Å². The van der Waals surface area contributed by atoms with Crippen molar-refractivity contribution in [1.82, 2.24) is 0 Å². The third kappa shape index (κ3) is 3.84. The predicted octanol–water partition coefficient (Wildman–Crippen LogP) is 4.70. The van der Waals surface area contributed by atoms with Crippen LogP contribution in [0.15, 0.2) is 0 Å². The van der Waals surface area contributed by atoms with E-state index >= 15 is 0 Å². The van der Waals surface area contributed by atoms with Gasteiger partial charge in [-0.2, -0.15) is 0 Å². The summed E-state index contributed by atoms with van der Waals surface area (Å²) in [5.41, 5.74) is 0. The molecule has 0 saturated heterocycles. The lowest BCUT2D eigenvalue weighted by Gasteiger charge is -2.36. The molecule has 18 heavy (non-hydrogen) atoms. The van der Waals surface area contributed by atoms with Crippen LogP contribution in [0.4, 0.5) is 0 Å². The first-order valence-electron chi connectivity index (χ1n) is 7.55. The van der Waals surface area contributed by atoms with Crippen LogP contribution in [-0.2, 0) is 9.53 Å². The molecule has 2 saturated carbocycles. The molecule has 0 unspecified atom stereocenters. The number of hydrogen-bond donors (Lipinski definition) is 0. The number of halogens is 1. The van der Waals surface area contributed by atoms with Crippen LogP contribution in [0.1, 0.15) is 64.2 Å². The SMILES string of the molecule is O=C(OCI)C(C1CCCCC1)C1CCCCC1. The molecule has 2 aliphatic rings. The summed E-state index contributed by atoms with van der Waals surface area (Å²) in [5.74, 6) is 1.53. The van der Waals surface area contributed by atoms with E-state index in [-0.39, 0.29) is 11.9 Å². The summed E-state index contributed by atoms with van der Waals surface area (Å²) < 4.78 is 5.86. The highest BCUT2D eigenvalue weighted by atomic mass is 127. The molecule has 0 spiro atoms. The minimum absolute atomic E-state index is 0.100. The predicted molar refractivity (Wildman–Crippen MR) is 81.6 cm³/mol. The second kappa shape index (κ2) is 7.71. The normalized spacial score (nSPS) is 23.2. The number of rotatable bonds is 4. The summed E-state index contributed by atoms with van der Waals surface area (Å²) in [6.45, 7) is 0. The van der Waals surface area contributed by atoms with Crippen molar-refractivity contribution in [3.05, 3.63) is 0 Å². The van der Waals surface area contributed by atoms with E-state index in [9.17, 15) is 4.79 Å². The van der Waals surface area contributed by atoms with Crippen LogP contribution in [0.5, 0.6) is 0 Å². The number of esters is 1. The van der Waals surface area contributed by atoms with E-state index in [1.165, 1.54) is 64.2 Å². The van der Waals surface area contributed by atoms with Crippen molar-refractivity contribution < 1.29 is 9.53 Å². The maximum Gasteiger partial charge on any atom is 0.310 e. The van der Waals surface area contributed by atoms with E-state index in [2.05, 4.69) is 22.6 Å². The van der Waals surface area contributed by atoms with Gasteiger partial charge < -0.3 is 4.74 Å². The second-order valence-corrected chi connectivity index (χ2v) is 6.52. The van der Waals surface area contributed by atoms with Crippen LogP contribution < -0.4 is 0 Å². The summed E-state index contributed by atoms with van der Waals surface area (Å²) in [6, 6.07) is 0. The van der Waals surface area contributed by atoms with Crippen LogP contribution in [0.2, 0.25) is 0 Å². The van der Waals surface area contributed by atoms with Gasteiger partial charge in [-0.1, -0.05) is 38.5 Å². The number of ether oxygens (including phenoxy) is 1. The van der Waals surface area contributed by atoms with Crippen molar-refractivity contribution >= 4 is 28.6 Å². The van der Waals surface area contributed by atoms with Crippen molar-refractivity contribution in [2.45, 2.75) is 64.2 Å². The molecule has 0 heterocycles. The molecule has 2 aliphatic carbocycles. The zero-order valence-electron chi connectivity index (χ0n) is 11.2. The Morgan fingerprint density at radius 2 is 1.39 bits per heavy atom. The van der Waals surface area contributed by atoms with Crippen molar-refractivity contribution in [2.75, 3.05) is 4.61 Å². The largest absolute Gasteiger partial charge is 0.455 e. The van der Waals surface area contributed by atoms with Gasteiger partial charge in [-0.15, -0.1) is 0 Å².